The van der Waals surface area contributed by atoms with Crippen molar-refractivity contribution in [1.82, 2.24) is 19.5 Å². The fourth-order valence-electron chi connectivity index (χ4n) is 6.76. The number of aryl methyl sites for hydroxylation is 1. The molecule has 0 saturated carbocycles. The van der Waals surface area contributed by atoms with E-state index in [-0.39, 0.29) is 0 Å². The number of aromatic nitrogens is 4. The molecule has 6 nitrogen and oxygen atoms in total. The number of hydrogen-bond donors (Lipinski definition) is 2. The number of H-pyrrole nitrogens is 1. The summed E-state index contributed by atoms with van der Waals surface area (Å²) >= 11 is 0. The second kappa shape index (κ2) is 19.5. The molecule has 0 unspecified atom stereocenters. The fraction of sp³-hybridized carbons (Fsp3) is 0.140. The van der Waals surface area contributed by atoms with Crippen LogP contribution in [0.2, 0.25) is 0 Å². The Balaban J connectivity index is 0.000000611. The third kappa shape index (κ3) is 8.45. The van der Waals surface area contributed by atoms with E-state index in [0.29, 0.717) is 17.8 Å². The first kappa shape index (κ1) is 40.4. The van der Waals surface area contributed by atoms with E-state index in [1.165, 1.54) is 5.56 Å². The van der Waals surface area contributed by atoms with Gasteiger partial charge in [0.05, 0.1) is 17.6 Å². The summed E-state index contributed by atoms with van der Waals surface area (Å²) in [4.78, 5) is 25.4. The third-order valence-corrected chi connectivity index (χ3v) is 9.22. The number of nitrogens with one attached hydrogen (secondary N) is 2. The summed E-state index contributed by atoms with van der Waals surface area (Å²) in [6.07, 6.45) is 10.5. The van der Waals surface area contributed by atoms with Gasteiger partial charge < -0.3 is 14.9 Å². The van der Waals surface area contributed by atoms with Crippen molar-refractivity contribution in [2.45, 2.75) is 47.1 Å². The number of fused-ring (bicyclic) bond motifs is 2. The predicted molar refractivity (Wildman–Crippen MR) is 237 cm³/mol. The summed E-state index contributed by atoms with van der Waals surface area (Å²) in [5.74, 6) is 0. The molecule has 56 heavy (non-hydrogen) atoms. The minimum atomic E-state index is -0.771. The van der Waals surface area contributed by atoms with Crippen molar-refractivity contribution in [2.75, 3.05) is 5.32 Å². The summed E-state index contributed by atoms with van der Waals surface area (Å²) in [5, 5.41) is 3.88. The minimum Gasteiger partial charge on any atom is -0.354 e. The number of carbonyl (C=O) groups excluding carboxylic acids is 1. The molecule has 6 heteroatoms. The second-order valence-electron chi connectivity index (χ2n) is 12.8. The van der Waals surface area contributed by atoms with E-state index >= 15 is 0 Å². The zero-order valence-electron chi connectivity index (χ0n) is 33.2. The monoisotopic (exact) mass is 737 g/mol. The quantitative estimate of drug-likeness (QED) is 0.0926. The number of carbonyl (C=O) groups is 1. The second-order valence-corrected chi connectivity index (χ2v) is 12.8. The smallest absolute Gasteiger partial charge is 0.211 e. The van der Waals surface area contributed by atoms with Crippen molar-refractivity contribution in [3.8, 4) is 22.5 Å². The number of allylic oxidation sites excluding steroid dienone is 3. The number of benzene rings is 5. The van der Waals surface area contributed by atoms with Crippen LogP contribution in [0.1, 0.15) is 56.9 Å². The summed E-state index contributed by atoms with van der Waals surface area (Å²) in [6, 6.07) is 48.1. The van der Waals surface area contributed by atoms with Gasteiger partial charge in [0.1, 0.15) is 11.1 Å². The van der Waals surface area contributed by atoms with Crippen molar-refractivity contribution in [2.24, 2.45) is 0 Å². The lowest BCUT2D eigenvalue weighted by atomic mass is 9.76. The molecule has 0 aliphatic carbocycles. The van der Waals surface area contributed by atoms with Crippen LogP contribution in [-0.4, -0.2) is 25.9 Å². The maximum atomic E-state index is 11.2. The zero-order chi connectivity index (χ0) is 39.9. The first-order valence-corrected chi connectivity index (χ1v) is 19.1. The topological polar surface area (TPSA) is 75.6 Å². The Morgan fingerprint density at radius 3 is 1.84 bits per heavy atom. The maximum absolute atomic E-state index is 11.2. The predicted octanol–water partition coefficient (Wildman–Crippen LogP) is 12.8. The molecule has 282 valence electrons. The summed E-state index contributed by atoms with van der Waals surface area (Å²) in [7, 11) is 0. The number of hydrogen-bond acceptors (Lipinski definition) is 3. The van der Waals surface area contributed by atoms with E-state index in [4.69, 9.17) is 9.97 Å². The fourth-order valence-corrected chi connectivity index (χ4v) is 6.76. The molecular formula is C50H51N5O. The summed E-state index contributed by atoms with van der Waals surface area (Å²) < 4.78 is 2.29. The Bertz CT molecular complexity index is 2400. The molecule has 8 rings (SSSR count). The molecule has 0 atom stereocenters. The van der Waals surface area contributed by atoms with E-state index in [0.717, 1.165) is 55.6 Å². The molecular weight excluding hydrogens is 687 g/mol. The molecule has 0 aliphatic heterocycles. The molecule has 0 bridgehead atoms. The first-order valence-electron chi connectivity index (χ1n) is 19.1. The number of amides is 1. The Labute approximate surface area is 331 Å². The normalized spacial score (nSPS) is 10.8. The van der Waals surface area contributed by atoms with Gasteiger partial charge in [0.2, 0.25) is 6.41 Å². The van der Waals surface area contributed by atoms with Crippen LogP contribution in [0, 0.1) is 6.92 Å². The van der Waals surface area contributed by atoms with Gasteiger partial charge in [-0.15, -0.1) is 6.58 Å². The van der Waals surface area contributed by atoms with E-state index in [1.54, 1.807) is 6.08 Å². The Hall–Kier alpha value is -6.79. The number of rotatable bonds is 8. The minimum absolute atomic E-state index is 0.681. The molecule has 0 spiro atoms. The molecule has 3 aromatic heterocycles. The standard InChI is InChI=1S/C41H31N5O.C4H8.C3H6.C2H6/c1-28-20-21-30-24-37(44-36(30)22-28)35-26-46(40-39(35)45-38(25-42-40)29-12-11-19-34(23-29)43-27-47)41(31-13-5-2-6-14-31,32-15-7-3-8-16-32)33-17-9-4-10-18-33;1-3-4-2;1-3-2;1-2/h2-27,44H,1H3,(H,43,47);3-4H,1-2H3;3H,1H2,2H3;1-2H3/b;4-3-;;. The van der Waals surface area contributed by atoms with Gasteiger partial charge in [-0.2, -0.15) is 0 Å². The Kier molecular flexibility index (Phi) is 14.1. The van der Waals surface area contributed by atoms with Gasteiger partial charge in [0, 0.05) is 33.9 Å². The Morgan fingerprint density at radius 2 is 1.30 bits per heavy atom. The summed E-state index contributed by atoms with van der Waals surface area (Å²) in [5.41, 5.74) is 10.5. The lowest BCUT2D eigenvalue weighted by molar-refractivity contribution is -0.105. The van der Waals surface area contributed by atoms with Gasteiger partial charge in [-0.05, 0) is 74.2 Å². The van der Waals surface area contributed by atoms with Crippen LogP contribution >= 0.6 is 0 Å². The average Bonchev–Trinajstić information content (AvgIpc) is 3.85. The molecule has 2 N–H and O–H groups in total. The largest absolute Gasteiger partial charge is 0.354 e. The highest BCUT2D eigenvalue weighted by atomic mass is 16.1. The van der Waals surface area contributed by atoms with Crippen LogP contribution < -0.4 is 5.32 Å². The van der Waals surface area contributed by atoms with Crippen LogP contribution in [0.4, 0.5) is 5.69 Å². The Morgan fingerprint density at radius 1 is 0.732 bits per heavy atom. The van der Waals surface area contributed by atoms with Crippen LogP contribution in [-0.2, 0) is 10.3 Å². The van der Waals surface area contributed by atoms with Gasteiger partial charge in [0.15, 0.2) is 5.65 Å². The highest BCUT2D eigenvalue weighted by molar-refractivity contribution is 5.96. The van der Waals surface area contributed by atoms with E-state index in [2.05, 4.69) is 150 Å². The SMILES string of the molecule is C/C=C\C.C=CC.CC.Cc1ccc2cc(-c3cn(C(c4ccccc4)(c4ccccc4)c4ccccc4)c4ncc(-c5cccc(NC=O)c5)nc34)[nH]c2c1. The third-order valence-electron chi connectivity index (χ3n) is 9.22. The van der Waals surface area contributed by atoms with Crippen molar-refractivity contribution in [3.63, 3.8) is 0 Å². The molecule has 1 amide bonds. The van der Waals surface area contributed by atoms with Crippen molar-refractivity contribution >= 4 is 34.2 Å². The van der Waals surface area contributed by atoms with Gasteiger partial charge in [-0.3, -0.25) is 4.79 Å². The molecule has 0 saturated heterocycles. The number of nitrogens with zero attached hydrogens (tertiary/aromatic N) is 3. The van der Waals surface area contributed by atoms with Gasteiger partial charge >= 0.3 is 0 Å². The molecule has 0 aliphatic rings. The zero-order valence-corrected chi connectivity index (χ0v) is 33.2. The molecule has 8 aromatic rings. The van der Waals surface area contributed by atoms with Crippen LogP contribution in [0.25, 0.3) is 44.6 Å². The van der Waals surface area contributed by atoms with E-state index < -0.39 is 5.54 Å². The summed E-state index contributed by atoms with van der Waals surface area (Å²) in [6.45, 7) is 15.4. The van der Waals surface area contributed by atoms with Crippen molar-refractivity contribution in [1.29, 1.82) is 0 Å². The molecule has 0 fully saturated rings. The van der Waals surface area contributed by atoms with Gasteiger partial charge in [-0.1, -0.05) is 147 Å². The lowest BCUT2D eigenvalue weighted by Gasteiger charge is -2.38. The highest BCUT2D eigenvalue weighted by Gasteiger charge is 2.40. The number of aromatic amines is 1. The van der Waals surface area contributed by atoms with Gasteiger partial charge in [-0.25, -0.2) is 9.97 Å². The molecule has 0 radical (unpaired) electrons. The maximum Gasteiger partial charge on any atom is 0.211 e. The van der Waals surface area contributed by atoms with Crippen molar-refractivity contribution in [3.05, 3.63) is 199 Å². The average molecular weight is 738 g/mol. The van der Waals surface area contributed by atoms with Crippen LogP contribution in [0.3, 0.4) is 0 Å². The highest BCUT2D eigenvalue weighted by Crippen LogP contribution is 2.45. The number of anilines is 1. The van der Waals surface area contributed by atoms with E-state index in [1.807, 2.05) is 77.2 Å². The van der Waals surface area contributed by atoms with Crippen molar-refractivity contribution < 1.29 is 4.79 Å². The lowest BCUT2D eigenvalue weighted by Crippen LogP contribution is -2.37. The van der Waals surface area contributed by atoms with Crippen LogP contribution in [0.5, 0.6) is 0 Å². The molecule has 3 heterocycles. The molecule has 5 aromatic carbocycles. The van der Waals surface area contributed by atoms with E-state index in [9.17, 15) is 4.79 Å². The first-order chi connectivity index (χ1) is 27.5. The van der Waals surface area contributed by atoms with Crippen LogP contribution in [0.15, 0.2) is 177 Å². The van der Waals surface area contributed by atoms with Gasteiger partial charge in [0.25, 0.3) is 0 Å².